The van der Waals surface area contributed by atoms with Gasteiger partial charge in [-0.25, -0.2) is 4.79 Å². The summed E-state index contributed by atoms with van der Waals surface area (Å²) < 4.78 is 5.33. The van der Waals surface area contributed by atoms with Crippen molar-refractivity contribution >= 4 is 21.6 Å². The lowest BCUT2D eigenvalue weighted by Crippen LogP contribution is -2.16. The standard InChI is InChI=1S/C12H14BrNO4/c1-4-6-17-14-8(5-2)9-11(15)10(13)7(3)18-12(9)16/h4,15H,1,5-6H2,2-3H3. The van der Waals surface area contributed by atoms with Crippen molar-refractivity contribution in [2.45, 2.75) is 20.3 Å². The number of oxime groups is 1. The highest BCUT2D eigenvalue weighted by Gasteiger charge is 2.19. The zero-order valence-electron chi connectivity index (χ0n) is 10.2. The van der Waals surface area contributed by atoms with Crippen LogP contribution in [0, 0.1) is 6.92 Å². The van der Waals surface area contributed by atoms with Crippen molar-refractivity contribution in [2.24, 2.45) is 5.16 Å². The average Bonchev–Trinajstić information content (AvgIpc) is 2.34. The summed E-state index contributed by atoms with van der Waals surface area (Å²) in [5, 5.41) is 13.8. The van der Waals surface area contributed by atoms with Crippen molar-refractivity contribution in [2.75, 3.05) is 6.61 Å². The highest BCUT2D eigenvalue weighted by Crippen LogP contribution is 2.29. The van der Waals surface area contributed by atoms with E-state index in [9.17, 15) is 9.90 Å². The molecule has 18 heavy (non-hydrogen) atoms. The van der Waals surface area contributed by atoms with Gasteiger partial charge in [0.2, 0.25) is 0 Å². The molecule has 1 heterocycles. The monoisotopic (exact) mass is 315 g/mol. The lowest BCUT2D eigenvalue weighted by molar-refractivity contribution is 0.174. The molecule has 0 aliphatic rings. The smallest absolute Gasteiger partial charge is 0.349 e. The van der Waals surface area contributed by atoms with Crippen LogP contribution in [0.25, 0.3) is 0 Å². The minimum Gasteiger partial charge on any atom is -0.506 e. The van der Waals surface area contributed by atoms with Gasteiger partial charge in [-0.15, -0.1) is 0 Å². The van der Waals surface area contributed by atoms with Crippen LogP contribution in [0.15, 0.2) is 31.5 Å². The second kappa shape index (κ2) is 6.39. The summed E-state index contributed by atoms with van der Waals surface area (Å²) in [6.07, 6.45) is 1.95. The van der Waals surface area contributed by atoms with Crippen LogP contribution in [-0.4, -0.2) is 17.4 Å². The second-order valence-electron chi connectivity index (χ2n) is 3.46. The summed E-state index contributed by atoms with van der Waals surface area (Å²) in [5.74, 6) is 0.121. The van der Waals surface area contributed by atoms with Gasteiger partial charge in [-0.1, -0.05) is 24.7 Å². The van der Waals surface area contributed by atoms with Crippen molar-refractivity contribution < 1.29 is 14.4 Å². The van der Waals surface area contributed by atoms with Crippen LogP contribution in [0.1, 0.15) is 24.7 Å². The third kappa shape index (κ3) is 3.01. The average molecular weight is 316 g/mol. The van der Waals surface area contributed by atoms with Gasteiger partial charge in [0.25, 0.3) is 0 Å². The summed E-state index contributed by atoms with van der Waals surface area (Å²) in [5.41, 5.74) is -0.307. The van der Waals surface area contributed by atoms with Gasteiger partial charge in [0.15, 0.2) is 0 Å². The van der Waals surface area contributed by atoms with Gasteiger partial charge < -0.3 is 14.4 Å². The first-order valence-corrected chi connectivity index (χ1v) is 6.14. The number of halogens is 1. The molecular weight excluding hydrogens is 302 g/mol. The molecule has 0 fully saturated rings. The first kappa shape index (κ1) is 14.5. The molecule has 1 aromatic rings. The van der Waals surface area contributed by atoms with Gasteiger partial charge in [-0.3, -0.25) is 0 Å². The number of aryl methyl sites for hydroxylation is 1. The molecule has 98 valence electrons. The Morgan fingerprint density at radius 2 is 2.33 bits per heavy atom. The SMILES string of the molecule is C=CCON=C(CC)c1c(O)c(Br)c(C)oc1=O. The largest absolute Gasteiger partial charge is 0.506 e. The van der Waals surface area contributed by atoms with Gasteiger partial charge >= 0.3 is 5.63 Å². The van der Waals surface area contributed by atoms with E-state index in [1.54, 1.807) is 13.8 Å². The molecule has 0 saturated carbocycles. The molecule has 5 nitrogen and oxygen atoms in total. The molecule has 6 heteroatoms. The van der Waals surface area contributed by atoms with Gasteiger partial charge in [0.1, 0.15) is 23.7 Å². The lowest BCUT2D eigenvalue weighted by atomic mass is 10.1. The molecule has 1 N–H and O–H groups in total. The Morgan fingerprint density at radius 1 is 1.67 bits per heavy atom. The third-order valence-electron chi connectivity index (χ3n) is 2.19. The molecule has 0 bridgehead atoms. The summed E-state index contributed by atoms with van der Waals surface area (Å²) in [4.78, 5) is 16.7. The van der Waals surface area contributed by atoms with E-state index in [4.69, 9.17) is 9.25 Å². The number of aromatic hydroxyl groups is 1. The fraction of sp³-hybridized carbons (Fsp3) is 0.333. The van der Waals surface area contributed by atoms with Crippen LogP contribution in [0.3, 0.4) is 0 Å². The maximum absolute atomic E-state index is 11.7. The molecule has 0 aliphatic heterocycles. The van der Waals surface area contributed by atoms with Crippen molar-refractivity contribution in [1.29, 1.82) is 0 Å². The van der Waals surface area contributed by atoms with Crippen LogP contribution in [0.2, 0.25) is 0 Å². The molecule has 0 atom stereocenters. The van der Waals surface area contributed by atoms with E-state index in [1.807, 2.05) is 0 Å². The molecule has 0 spiro atoms. The van der Waals surface area contributed by atoms with Crippen LogP contribution in [0.5, 0.6) is 5.75 Å². The highest BCUT2D eigenvalue weighted by atomic mass is 79.9. The second-order valence-corrected chi connectivity index (χ2v) is 4.25. The minimum absolute atomic E-state index is 0.0130. The van der Waals surface area contributed by atoms with E-state index in [0.717, 1.165) is 0 Å². The summed E-state index contributed by atoms with van der Waals surface area (Å²) in [6, 6.07) is 0. The normalized spacial score (nSPS) is 11.4. The Hall–Kier alpha value is -1.56. The Morgan fingerprint density at radius 3 is 2.89 bits per heavy atom. The third-order valence-corrected chi connectivity index (χ3v) is 3.13. The molecule has 1 aromatic heterocycles. The minimum atomic E-state index is -0.643. The van der Waals surface area contributed by atoms with E-state index in [2.05, 4.69) is 27.7 Å². The molecule has 0 aromatic carbocycles. The van der Waals surface area contributed by atoms with E-state index in [0.29, 0.717) is 22.4 Å². The summed E-state index contributed by atoms with van der Waals surface area (Å²) >= 11 is 3.15. The zero-order chi connectivity index (χ0) is 13.7. The Labute approximate surface area is 113 Å². The Bertz CT molecular complexity index is 534. The Kier molecular flexibility index (Phi) is 5.15. The maximum Gasteiger partial charge on any atom is 0.349 e. The van der Waals surface area contributed by atoms with Gasteiger partial charge in [-0.2, -0.15) is 0 Å². The molecule has 0 amide bonds. The number of nitrogens with zero attached hydrogens (tertiary/aromatic N) is 1. The quantitative estimate of drug-likeness (QED) is 0.392. The van der Waals surface area contributed by atoms with Crippen LogP contribution < -0.4 is 5.63 Å². The fourth-order valence-corrected chi connectivity index (χ4v) is 1.60. The van der Waals surface area contributed by atoms with E-state index in [1.165, 1.54) is 6.08 Å². The van der Waals surface area contributed by atoms with Crippen molar-refractivity contribution in [1.82, 2.24) is 0 Å². The van der Waals surface area contributed by atoms with Gasteiger partial charge in [0, 0.05) is 0 Å². The Balaban J connectivity index is 3.30. The van der Waals surface area contributed by atoms with E-state index < -0.39 is 5.63 Å². The molecule has 0 saturated heterocycles. The zero-order valence-corrected chi connectivity index (χ0v) is 11.8. The van der Waals surface area contributed by atoms with Gasteiger partial charge in [-0.05, 0) is 29.3 Å². The highest BCUT2D eigenvalue weighted by molar-refractivity contribution is 9.10. The van der Waals surface area contributed by atoms with Crippen LogP contribution in [0.4, 0.5) is 0 Å². The molecule has 0 aliphatic carbocycles. The van der Waals surface area contributed by atoms with E-state index >= 15 is 0 Å². The first-order chi connectivity index (χ1) is 8.52. The summed E-state index contributed by atoms with van der Waals surface area (Å²) in [6.45, 7) is 7.08. The fourth-order valence-electron chi connectivity index (χ4n) is 1.32. The van der Waals surface area contributed by atoms with Crippen molar-refractivity contribution in [3.8, 4) is 5.75 Å². The predicted octanol–water partition coefficient (Wildman–Crippen LogP) is 2.73. The number of rotatable bonds is 5. The van der Waals surface area contributed by atoms with Crippen molar-refractivity contribution in [3.05, 3.63) is 38.9 Å². The maximum atomic E-state index is 11.7. The van der Waals surface area contributed by atoms with Crippen LogP contribution >= 0.6 is 15.9 Å². The molecule has 0 radical (unpaired) electrons. The van der Waals surface area contributed by atoms with Gasteiger partial charge in [0.05, 0.1) is 10.2 Å². The van der Waals surface area contributed by atoms with E-state index in [-0.39, 0.29) is 17.9 Å². The van der Waals surface area contributed by atoms with Crippen molar-refractivity contribution in [3.63, 3.8) is 0 Å². The molecule has 0 unspecified atom stereocenters. The predicted molar refractivity (Wildman–Crippen MR) is 72.1 cm³/mol. The first-order valence-electron chi connectivity index (χ1n) is 5.35. The lowest BCUT2D eigenvalue weighted by Gasteiger charge is -2.07. The number of hydrogen-bond acceptors (Lipinski definition) is 5. The van der Waals surface area contributed by atoms with Crippen LogP contribution in [-0.2, 0) is 4.84 Å². The number of hydrogen-bond donors (Lipinski definition) is 1. The topological polar surface area (TPSA) is 72.0 Å². The molecular formula is C12H14BrNO4. The molecule has 1 rings (SSSR count). The summed E-state index contributed by atoms with van der Waals surface area (Å²) in [7, 11) is 0.